The van der Waals surface area contributed by atoms with Crippen LogP contribution in [0.5, 0.6) is 11.5 Å². The molecule has 0 saturated heterocycles. The van der Waals surface area contributed by atoms with Crippen LogP contribution < -0.4 is 21.1 Å². The van der Waals surface area contributed by atoms with E-state index in [4.69, 9.17) is 51.0 Å². The van der Waals surface area contributed by atoms with Crippen molar-refractivity contribution >= 4 is 58.1 Å². The van der Waals surface area contributed by atoms with Crippen LogP contribution >= 0.6 is 34.8 Å². The number of hydrogen-bond acceptors (Lipinski definition) is 8. The molecule has 1 spiro atoms. The Hall–Kier alpha value is -2.75. The van der Waals surface area contributed by atoms with E-state index in [-0.39, 0.29) is 44.8 Å². The zero-order chi connectivity index (χ0) is 23.0. The highest BCUT2D eigenvalue weighted by Gasteiger charge is 2.45. The van der Waals surface area contributed by atoms with E-state index in [1.165, 1.54) is 12.1 Å². The number of nitrogens with two attached hydrogens (primary N) is 2. The van der Waals surface area contributed by atoms with Crippen LogP contribution in [0.1, 0.15) is 32.1 Å². The number of nitrogens with zero attached hydrogens (tertiary/aromatic N) is 4. The first-order chi connectivity index (χ1) is 15.2. The molecule has 2 aromatic rings. The monoisotopic (exact) mass is 496 g/mol. The summed E-state index contributed by atoms with van der Waals surface area (Å²) in [6.45, 7) is 0. The second kappa shape index (κ2) is 8.65. The van der Waals surface area contributed by atoms with Gasteiger partial charge < -0.3 is 16.2 Å². The third-order valence-corrected chi connectivity index (χ3v) is 6.55. The molecule has 1 aliphatic heterocycles. The number of guanidine groups is 2. The maximum Gasteiger partial charge on any atom is 0.294 e. The van der Waals surface area contributed by atoms with Gasteiger partial charge in [0.1, 0.15) is 27.9 Å². The fraction of sp³-hybridized carbons (Fsp3) is 0.300. The van der Waals surface area contributed by atoms with Gasteiger partial charge in [0.05, 0.1) is 15.0 Å². The van der Waals surface area contributed by atoms with Crippen molar-refractivity contribution in [1.82, 2.24) is 0 Å². The molecule has 0 radical (unpaired) electrons. The number of aliphatic imine (C=N–C) groups is 2. The molecular formula is C20H19Cl3N6O3. The van der Waals surface area contributed by atoms with E-state index in [0.29, 0.717) is 17.9 Å². The number of ether oxygens (including phenoxy) is 1. The quantitative estimate of drug-likeness (QED) is 0.426. The molecular weight excluding hydrogens is 479 g/mol. The van der Waals surface area contributed by atoms with Crippen molar-refractivity contribution in [2.24, 2.45) is 21.5 Å². The number of nitro groups is 1. The van der Waals surface area contributed by atoms with E-state index in [1.54, 1.807) is 23.1 Å². The van der Waals surface area contributed by atoms with Crippen LogP contribution in [0.15, 0.2) is 40.3 Å². The molecule has 0 aromatic heterocycles. The number of nitro benzene ring substituents is 1. The molecule has 32 heavy (non-hydrogen) atoms. The lowest BCUT2D eigenvalue weighted by Crippen LogP contribution is -2.58. The molecule has 0 bridgehead atoms. The van der Waals surface area contributed by atoms with Gasteiger partial charge in [-0.2, -0.15) is 4.99 Å². The Morgan fingerprint density at radius 3 is 2.47 bits per heavy atom. The van der Waals surface area contributed by atoms with Crippen molar-refractivity contribution in [3.8, 4) is 11.5 Å². The SMILES string of the molecule is NC1=NC2(CCCCC2)N(c2cc(Oc3cccc(Cl)c3Cl)c(Cl)cc2[N+](=O)[O-])C(N)=N1. The average molecular weight is 498 g/mol. The summed E-state index contributed by atoms with van der Waals surface area (Å²) in [5, 5.41) is 12.4. The number of hydrogen-bond donors (Lipinski definition) is 2. The standard InChI is InChI=1S/C20H19Cl3N6O3/c21-11-5-4-6-15(17(11)23)32-16-10-13(14(29(30)31)9-12(16)22)28-19(25)26-18(24)27-20(28)7-2-1-3-8-20/h4-6,9-10H,1-3,7-8H2,(H4,24,25,26,27). The molecule has 9 nitrogen and oxygen atoms in total. The zero-order valence-corrected chi connectivity index (χ0v) is 19.0. The summed E-state index contributed by atoms with van der Waals surface area (Å²) < 4.78 is 5.88. The van der Waals surface area contributed by atoms with Crippen LogP contribution in [0.3, 0.4) is 0 Å². The van der Waals surface area contributed by atoms with Crippen LogP contribution in [0, 0.1) is 10.1 Å². The highest BCUT2D eigenvalue weighted by molar-refractivity contribution is 6.43. The predicted octanol–water partition coefficient (Wildman–Crippen LogP) is 5.46. The van der Waals surface area contributed by atoms with Gasteiger partial charge in [-0.25, -0.2) is 4.99 Å². The van der Waals surface area contributed by atoms with Gasteiger partial charge in [0.25, 0.3) is 5.69 Å². The minimum Gasteiger partial charge on any atom is -0.454 e. The molecule has 0 unspecified atom stereocenters. The molecule has 12 heteroatoms. The van der Waals surface area contributed by atoms with Gasteiger partial charge in [-0.15, -0.1) is 0 Å². The third-order valence-electron chi connectivity index (χ3n) is 5.45. The van der Waals surface area contributed by atoms with E-state index in [9.17, 15) is 10.1 Å². The molecule has 4 rings (SSSR count). The Morgan fingerprint density at radius 1 is 1.06 bits per heavy atom. The lowest BCUT2D eigenvalue weighted by atomic mass is 9.87. The topological polar surface area (TPSA) is 132 Å². The molecule has 1 fully saturated rings. The summed E-state index contributed by atoms with van der Waals surface area (Å²) in [5.41, 5.74) is 11.1. The van der Waals surface area contributed by atoms with E-state index >= 15 is 0 Å². The maximum atomic E-state index is 11.9. The summed E-state index contributed by atoms with van der Waals surface area (Å²) in [7, 11) is 0. The molecule has 2 aromatic carbocycles. The Labute approximate surface area is 198 Å². The van der Waals surface area contributed by atoms with Crippen molar-refractivity contribution in [1.29, 1.82) is 0 Å². The van der Waals surface area contributed by atoms with Crippen molar-refractivity contribution < 1.29 is 9.66 Å². The smallest absolute Gasteiger partial charge is 0.294 e. The fourth-order valence-corrected chi connectivity index (χ4v) is 4.61. The van der Waals surface area contributed by atoms with Crippen LogP contribution in [-0.2, 0) is 0 Å². The van der Waals surface area contributed by atoms with Crippen LogP contribution in [0.2, 0.25) is 15.1 Å². The third kappa shape index (κ3) is 4.03. The first kappa shape index (κ1) is 22.4. The first-order valence-electron chi connectivity index (χ1n) is 9.81. The highest BCUT2D eigenvalue weighted by atomic mass is 35.5. The predicted molar refractivity (Wildman–Crippen MR) is 126 cm³/mol. The molecule has 1 saturated carbocycles. The highest BCUT2D eigenvalue weighted by Crippen LogP contribution is 2.47. The summed E-state index contributed by atoms with van der Waals surface area (Å²) in [5.74, 6) is 0.435. The summed E-state index contributed by atoms with van der Waals surface area (Å²) >= 11 is 18.6. The van der Waals surface area contributed by atoms with Crippen molar-refractivity contribution in [2.45, 2.75) is 37.8 Å². The normalized spacial score (nSPS) is 17.7. The Morgan fingerprint density at radius 2 is 1.78 bits per heavy atom. The second-order valence-electron chi connectivity index (χ2n) is 7.50. The van der Waals surface area contributed by atoms with Gasteiger partial charge >= 0.3 is 0 Å². The lowest BCUT2D eigenvalue weighted by molar-refractivity contribution is -0.384. The van der Waals surface area contributed by atoms with Gasteiger partial charge in [0, 0.05) is 12.1 Å². The molecule has 1 heterocycles. The summed E-state index contributed by atoms with van der Waals surface area (Å²) in [6, 6.07) is 7.52. The second-order valence-corrected chi connectivity index (χ2v) is 8.69. The molecule has 1 aliphatic carbocycles. The van der Waals surface area contributed by atoms with Crippen molar-refractivity contribution in [3.63, 3.8) is 0 Å². The van der Waals surface area contributed by atoms with Gasteiger partial charge in [0.2, 0.25) is 11.9 Å². The minimum absolute atomic E-state index is 0.0107. The Balaban J connectivity index is 1.87. The van der Waals surface area contributed by atoms with Crippen molar-refractivity contribution in [2.75, 3.05) is 4.90 Å². The number of halogens is 3. The average Bonchev–Trinajstić information content (AvgIpc) is 2.73. The number of rotatable bonds is 4. The van der Waals surface area contributed by atoms with Crippen LogP contribution in [0.4, 0.5) is 11.4 Å². The zero-order valence-electron chi connectivity index (χ0n) is 16.7. The Kier molecular flexibility index (Phi) is 6.07. The van der Waals surface area contributed by atoms with E-state index < -0.39 is 10.6 Å². The molecule has 0 amide bonds. The van der Waals surface area contributed by atoms with Gasteiger partial charge in [0.15, 0.2) is 0 Å². The van der Waals surface area contributed by atoms with E-state index in [1.807, 2.05) is 0 Å². The fourth-order valence-electron chi connectivity index (χ4n) is 4.09. The largest absolute Gasteiger partial charge is 0.454 e. The summed E-state index contributed by atoms with van der Waals surface area (Å²) in [6.07, 6.45) is 3.97. The maximum absolute atomic E-state index is 11.9. The van der Waals surface area contributed by atoms with E-state index in [2.05, 4.69) is 9.98 Å². The lowest BCUT2D eigenvalue weighted by Gasteiger charge is -2.45. The summed E-state index contributed by atoms with van der Waals surface area (Å²) in [4.78, 5) is 21.6. The van der Waals surface area contributed by atoms with E-state index in [0.717, 1.165) is 19.3 Å². The van der Waals surface area contributed by atoms with Gasteiger partial charge in [-0.05, 0) is 37.8 Å². The number of anilines is 1. The van der Waals surface area contributed by atoms with Crippen LogP contribution in [-0.4, -0.2) is 22.5 Å². The van der Waals surface area contributed by atoms with Gasteiger partial charge in [-0.1, -0.05) is 47.3 Å². The minimum atomic E-state index is -0.877. The molecule has 2 aliphatic rings. The van der Waals surface area contributed by atoms with Crippen LogP contribution in [0.25, 0.3) is 0 Å². The number of benzene rings is 2. The molecule has 168 valence electrons. The Bertz CT molecular complexity index is 1150. The van der Waals surface area contributed by atoms with Gasteiger partial charge in [-0.3, -0.25) is 15.0 Å². The first-order valence-corrected chi connectivity index (χ1v) is 10.9. The van der Waals surface area contributed by atoms with Crippen molar-refractivity contribution in [3.05, 3.63) is 55.5 Å². The molecule has 0 atom stereocenters. The molecule has 4 N–H and O–H groups in total.